The number of halogens is 3. The van der Waals surface area contributed by atoms with Crippen LogP contribution in [0, 0.1) is 35.2 Å². The van der Waals surface area contributed by atoms with E-state index in [2.05, 4.69) is 13.0 Å². The van der Waals surface area contributed by atoms with Crippen LogP contribution in [-0.4, -0.2) is 0 Å². The normalized spacial score (nSPS) is 20.8. The van der Waals surface area contributed by atoms with Crippen LogP contribution in [0.15, 0.2) is 73.0 Å². The lowest BCUT2D eigenvalue weighted by Gasteiger charge is -2.35. The number of hydrogen-bond donors (Lipinski definition) is 0. The molecule has 1 fully saturated rings. The van der Waals surface area contributed by atoms with E-state index < -0.39 is 11.6 Å². The first kappa shape index (κ1) is 31.2. The van der Waals surface area contributed by atoms with E-state index in [1.54, 1.807) is 36.4 Å². The molecule has 0 bridgehead atoms. The highest BCUT2D eigenvalue weighted by atomic mass is 19.2. The Morgan fingerprint density at radius 2 is 1.44 bits per heavy atom. The average Bonchev–Trinajstić information content (AvgIpc) is 3.04. The van der Waals surface area contributed by atoms with Crippen LogP contribution < -0.4 is 4.74 Å². The third kappa shape index (κ3) is 7.63. The minimum absolute atomic E-state index is 0.134. The minimum atomic E-state index is -1.03. The lowest BCUT2D eigenvalue weighted by molar-refractivity contribution is 0.187. The molecule has 1 unspecified atom stereocenters. The van der Waals surface area contributed by atoms with Gasteiger partial charge in [-0.05, 0) is 103 Å². The van der Waals surface area contributed by atoms with E-state index in [0.717, 1.165) is 42.6 Å². The van der Waals surface area contributed by atoms with Crippen molar-refractivity contribution < 1.29 is 17.9 Å². The molecule has 1 nitrogen and oxygen atoms in total. The number of benzene rings is 3. The Balaban J connectivity index is 1.20. The zero-order valence-electron chi connectivity index (χ0n) is 25.7. The molecule has 0 heterocycles. The molecule has 0 saturated heterocycles. The largest absolute Gasteiger partial charge is 0.462 e. The van der Waals surface area contributed by atoms with E-state index in [4.69, 9.17) is 4.74 Å². The molecule has 0 N–H and O–H groups in total. The smallest absolute Gasteiger partial charge is 0.201 e. The number of unbranched alkanes of at least 4 members (excludes halogenated alkanes) is 2. The highest BCUT2D eigenvalue weighted by Gasteiger charge is 2.28. The lowest BCUT2D eigenvalue weighted by Crippen LogP contribution is -2.23. The van der Waals surface area contributed by atoms with Gasteiger partial charge in [-0.25, -0.2) is 8.78 Å². The second kappa shape index (κ2) is 14.9. The molecular weight excluding hydrogens is 541 g/mol. The second-order valence-corrected chi connectivity index (χ2v) is 12.4. The maximum Gasteiger partial charge on any atom is 0.201 e. The summed E-state index contributed by atoms with van der Waals surface area (Å²) in [4.78, 5) is 0. The van der Waals surface area contributed by atoms with Gasteiger partial charge in [0.25, 0.3) is 0 Å². The van der Waals surface area contributed by atoms with Crippen molar-refractivity contribution in [1.29, 1.82) is 0 Å². The van der Waals surface area contributed by atoms with E-state index in [-0.39, 0.29) is 17.1 Å². The molecule has 0 spiro atoms. The molecule has 1 atom stereocenters. The molecule has 1 saturated carbocycles. The van der Waals surface area contributed by atoms with Gasteiger partial charge in [-0.2, -0.15) is 4.39 Å². The van der Waals surface area contributed by atoms with Crippen LogP contribution in [0.1, 0.15) is 96.5 Å². The quantitative estimate of drug-likeness (QED) is 0.160. The molecule has 5 rings (SSSR count). The SMILES string of the molecule is CCC=COc1ccc(-c2ccc(-c3ccc(C4=CCC(C5CCC(CCCCC)CC5)CC4)cc3F)cc2)c(F)c1F. The zero-order valence-corrected chi connectivity index (χ0v) is 25.7. The Bertz CT molecular complexity index is 1410. The predicted octanol–water partition coefficient (Wildman–Crippen LogP) is 12.3. The van der Waals surface area contributed by atoms with Gasteiger partial charge in [-0.3, -0.25) is 0 Å². The zero-order chi connectivity index (χ0) is 30.2. The molecule has 0 amide bonds. The standard InChI is InChI=1S/C39H45F3O/c1-3-5-7-8-27-9-11-28(12-10-27)29-13-15-30(16-14-29)33-21-22-34(36(40)26-33)31-17-19-32(20-18-31)35-23-24-37(39(42)38(35)41)43-25-6-4-2/h6,15,17-29H,3-5,7-14,16H2,1-2H3. The van der Waals surface area contributed by atoms with Crippen molar-refractivity contribution >= 4 is 5.57 Å². The van der Waals surface area contributed by atoms with Crippen molar-refractivity contribution in [3.8, 4) is 28.0 Å². The van der Waals surface area contributed by atoms with Gasteiger partial charge < -0.3 is 4.74 Å². The Morgan fingerprint density at radius 1 is 0.744 bits per heavy atom. The molecule has 43 heavy (non-hydrogen) atoms. The number of allylic oxidation sites excluding steroid dienone is 3. The van der Waals surface area contributed by atoms with Crippen molar-refractivity contribution in [2.45, 2.75) is 90.9 Å². The first-order valence-corrected chi connectivity index (χ1v) is 16.4. The van der Waals surface area contributed by atoms with Crippen molar-refractivity contribution in [3.63, 3.8) is 0 Å². The number of ether oxygens (including phenoxy) is 1. The van der Waals surface area contributed by atoms with Crippen LogP contribution in [0.4, 0.5) is 13.2 Å². The highest BCUT2D eigenvalue weighted by molar-refractivity contribution is 5.74. The molecule has 4 heteroatoms. The first-order chi connectivity index (χ1) is 21.0. The summed E-state index contributed by atoms with van der Waals surface area (Å²) in [6, 6.07) is 15.3. The van der Waals surface area contributed by atoms with Crippen LogP contribution in [0.5, 0.6) is 5.75 Å². The van der Waals surface area contributed by atoms with Gasteiger partial charge in [0.1, 0.15) is 5.82 Å². The van der Waals surface area contributed by atoms with Crippen molar-refractivity contribution in [2.24, 2.45) is 17.8 Å². The maximum absolute atomic E-state index is 15.4. The van der Waals surface area contributed by atoms with E-state index in [9.17, 15) is 8.78 Å². The van der Waals surface area contributed by atoms with Crippen molar-refractivity contribution in [2.75, 3.05) is 0 Å². The number of hydrogen-bond acceptors (Lipinski definition) is 1. The summed E-state index contributed by atoms with van der Waals surface area (Å²) in [7, 11) is 0. The fraction of sp³-hybridized carbons (Fsp3) is 0.436. The van der Waals surface area contributed by atoms with Crippen LogP contribution in [-0.2, 0) is 0 Å². The molecule has 0 radical (unpaired) electrons. The Kier molecular flexibility index (Phi) is 10.8. The molecule has 0 aliphatic heterocycles. The van der Waals surface area contributed by atoms with Crippen molar-refractivity contribution in [3.05, 3.63) is 96.0 Å². The van der Waals surface area contributed by atoms with E-state index >= 15 is 4.39 Å². The molecule has 0 aromatic heterocycles. The van der Waals surface area contributed by atoms with E-state index in [1.807, 2.05) is 19.1 Å². The fourth-order valence-corrected chi connectivity index (χ4v) is 7.02. The monoisotopic (exact) mass is 586 g/mol. The highest BCUT2D eigenvalue weighted by Crippen LogP contribution is 2.42. The van der Waals surface area contributed by atoms with Gasteiger partial charge in [-0.1, -0.05) is 94.8 Å². The summed E-state index contributed by atoms with van der Waals surface area (Å²) in [5.74, 6) is 0.131. The summed E-state index contributed by atoms with van der Waals surface area (Å²) in [5.41, 5.74) is 4.05. The summed E-state index contributed by atoms with van der Waals surface area (Å²) in [6.45, 7) is 4.20. The molecular formula is C39H45F3O. The van der Waals surface area contributed by atoms with Crippen LogP contribution in [0.2, 0.25) is 0 Å². The predicted molar refractivity (Wildman–Crippen MR) is 172 cm³/mol. The van der Waals surface area contributed by atoms with Crippen LogP contribution in [0.3, 0.4) is 0 Å². The topological polar surface area (TPSA) is 9.23 Å². The molecule has 228 valence electrons. The summed E-state index contributed by atoms with van der Waals surface area (Å²) in [5, 5.41) is 0. The Labute approximate surface area is 255 Å². The van der Waals surface area contributed by atoms with Crippen LogP contribution in [0.25, 0.3) is 27.8 Å². The molecule has 3 aromatic rings. The van der Waals surface area contributed by atoms with Gasteiger partial charge in [-0.15, -0.1) is 0 Å². The first-order valence-electron chi connectivity index (χ1n) is 16.4. The van der Waals surface area contributed by atoms with Crippen LogP contribution >= 0.6 is 0 Å². The van der Waals surface area contributed by atoms with Gasteiger partial charge in [0.05, 0.1) is 6.26 Å². The third-order valence-electron chi connectivity index (χ3n) is 9.65. The molecule has 2 aliphatic rings. The van der Waals surface area contributed by atoms with Gasteiger partial charge in [0.2, 0.25) is 5.82 Å². The second-order valence-electron chi connectivity index (χ2n) is 12.4. The summed E-state index contributed by atoms with van der Waals surface area (Å²) in [6.07, 6.45) is 20.5. The fourth-order valence-electron chi connectivity index (χ4n) is 7.02. The average molecular weight is 587 g/mol. The Hall–Kier alpha value is -3.27. The summed E-state index contributed by atoms with van der Waals surface area (Å²) >= 11 is 0. The summed E-state index contributed by atoms with van der Waals surface area (Å²) < 4.78 is 49.9. The lowest BCUT2D eigenvalue weighted by atomic mass is 9.70. The van der Waals surface area contributed by atoms with E-state index in [0.29, 0.717) is 16.7 Å². The molecule has 2 aliphatic carbocycles. The van der Waals surface area contributed by atoms with E-state index in [1.165, 1.54) is 81.8 Å². The molecule has 3 aromatic carbocycles. The minimum Gasteiger partial charge on any atom is -0.462 e. The van der Waals surface area contributed by atoms with Gasteiger partial charge in [0.15, 0.2) is 11.6 Å². The Morgan fingerprint density at radius 3 is 2.09 bits per heavy atom. The van der Waals surface area contributed by atoms with Gasteiger partial charge in [0, 0.05) is 11.1 Å². The maximum atomic E-state index is 15.4. The third-order valence-corrected chi connectivity index (χ3v) is 9.65. The van der Waals surface area contributed by atoms with Crippen molar-refractivity contribution in [1.82, 2.24) is 0 Å². The number of rotatable bonds is 11. The van der Waals surface area contributed by atoms with Gasteiger partial charge >= 0.3 is 0 Å².